The molecule has 7 nitrogen and oxygen atoms in total. The van der Waals surface area contributed by atoms with E-state index < -0.39 is 6.03 Å². The van der Waals surface area contributed by atoms with Gasteiger partial charge in [0.25, 0.3) is 5.91 Å². The summed E-state index contributed by atoms with van der Waals surface area (Å²) in [6.07, 6.45) is 1.44. The summed E-state index contributed by atoms with van der Waals surface area (Å²) >= 11 is 0. The Morgan fingerprint density at radius 2 is 2.42 bits per heavy atom. The quantitative estimate of drug-likeness (QED) is 0.610. The van der Waals surface area contributed by atoms with E-state index in [1.54, 1.807) is 23.1 Å². The molecule has 0 spiro atoms. The fraction of sp³-hybridized carbons (Fsp3) is 0.250. The summed E-state index contributed by atoms with van der Waals surface area (Å²) in [6, 6.07) is 4.56. The van der Waals surface area contributed by atoms with Gasteiger partial charge in [0.1, 0.15) is 5.75 Å². The van der Waals surface area contributed by atoms with Crippen LogP contribution >= 0.6 is 0 Å². The van der Waals surface area contributed by atoms with Crippen LogP contribution < -0.4 is 20.8 Å². The minimum absolute atomic E-state index is 0.0531. The Balaban J connectivity index is 2.26. The first kappa shape index (κ1) is 12.9. The van der Waals surface area contributed by atoms with Crippen molar-refractivity contribution in [3.05, 3.63) is 23.8 Å². The number of fused-ring (bicyclic) bond motifs is 1. The van der Waals surface area contributed by atoms with Gasteiger partial charge in [-0.2, -0.15) is 5.10 Å². The zero-order chi connectivity index (χ0) is 13.8. The number of carbonyl (C=O) groups excluding carboxylic acids is 2. The molecule has 100 valence electrons. The second kappa shape index (κ2) is 5.38. The molecule has 0 saturated heterocycles. The minimum atomic E-state index is -0.733. The monoisotopic (exact) mass is 262 g/mol. The number of hydrazone groups is 1. The molecule has 0 aliphatic carbocycles. The van der Waals surface area contributed by atoms with Gasteiger partial charge in [0.2, 0.25) is 0 Å². The lowest BCUT2D eigenvalue weighted by Crippen LogP contribution is -2.38. The van der Waals surface area contributed by atoms with Gasteiger partial charge in [-0.1, -0.05) is 0 Å². The van der Waals surface area contributed by atoms with E-state index in [1.165, 1.54) is 6.21 Å². The Morgan fingerprint density at radius 3 is 3.11 bits per heavy atom. The van der Waals surface area contributed by atoms with Crippen LogP contribution in [0.3, 0.4) is 0 Å². The molecule has 0 atom stereocenters. The minimum Gasteiger partial charge on any atom is -0.482 e. The van der Waals surface area contributed by atoms with Crippen molar-refractivity contribution < 1.29 is 14.3 Å². The van der Waals surface area contributed by atoms with Crippen LogP contribution in [-0.2, 0) is 4.79 Å². The first-order chi connectivity index (χ1) is 9.11. The van der Waals surface area contributed by atoms with Gasteiger partial charge in [0.05, 0.1) is 11.9 Å². The SMILES string of the molecule is CCN1C(=O)COc2ccc(C=NNC(N)=O)cc21. The topological polar surface area (TPSA) is 97.0 Å². The van der Waals surface area contributed by atoms with Gasteiger partial charge in [-0.05, 0) is 30.7 Å². The normalized spacial score (nSPS) is 14.2. The van der Waals surface area contributed by atoms with Gasteiger partial charge < -0.3 is 15.4 Å². The summed E-state index contributed by atoms with van der Waals surface area (Å²) in [5.41, 5.74) is 8.42. The molecule has 3 amide bonds. The Kier molecular flexibility index (Phi) is 3.65. The number of hydrogen-bond donors (Lipinski definition) is 2. The third-order valence-electron chi connectivity index (χ3n) is 2.63. The first-order valence-electron chi connectivity index (χ1n) is 5.77. The highest BCUT2D eigenvalue weighted by molar-refractivity contribution is 5.99. The third kappa shape index (κ3) is 2.82. The number of urea groups is 1. The Bertz CT molecular complexity index is 542. The smallest absolute Gasteiger partial charge is 0.332 e. The van der Waals surface area contributed by atoms with Gasteiger partial charge in [0, 0.05) is 6.54 Å². The van der Waals surface area contributed by atoms with Crippen molar-refractivity contribution >= 4 is 23.8 Å². The van der Waals surface area contributed by atoms with Crippen molar-refractivity contribution in [2.45, 2.75) is 6.92 Å². The van der Waals surface area contributed by atoms with Crippen molar-refractivity contribution in [2.24, 2.45) is 10.8 Å². The predicted molar refractivity (Wildman–Crippen MR) is 70.3 cm³/mol. The number of likely N-dealkylation sites (N-methyl/N-ethyl adjacent to an activating group) is 1. The van der Waals surface area contributed by atoms with E-state index in [-0.39, 0.29) is 12.5 Å². The fourth-order valence-corrected chi connectivity index (χ4v) is 1.82. The number of nitrogens with one attached hydrogen (secondary N) is 1. The molecule has 19 heavy (non-hydrogen) atoms. The number of primary amides is 1. The van der Waals surface area contributed by atoms with Crippen molar-refractivity contribution in [3.8, 4) is 5.75 Å². The lowest BCUT2D eigenvalue weighted by atomic mass is 10.1. The highest BCUT2D eigenvalue weighted by Gasteiger charge is 2.23. The van der Waals surface area contributed by atoms with E-state index in [1.807, 2.05) is 6.92 Å². The standard InChI is InChI=1S/C12H14N4O3/c1-2-16-9-5-8(6-14-15-12(13)18)3-4-10(9)19-7-11(16)17/h3-6H,2,7H2,1H3,(H3,13,15,18). The summed E-state index contributed by atoms with van der Waals surface area (Å²) in [7, 11) is 0. The van der Waals surface area contributed by atoms with Gasteiger partial charge in [-0.3, -0.25) is 4.79 Å². The molecule has 0 bridgehead atoms. The van der Waals surface area contributed by atoms with Crippen molar-refractivity contribution in [2.75, 3.05) is 18.1 Å². The third-order valence-corrected chi connectivity index (χ3v) is 2.63. The number of ether oxygens (including phenoxy) is 1. The maximum atomic E-state index is 11.7. The van der Waals surface area contributed by atoms with Crippen LogP contribution in [0.5, 0.6) is 5.75 Å². The number of carbonyl (C=O) groups is 2. The molecule has 1 aliphatic rings. The molecule has 2 rings (SSSR count). The highest BCUT2D eigenvalue weighted by atomic mass is 16.5. The molecular weight excluding hydrogens is 248 g/mol. The Morgan fingerprint density at radius 1 is 1.63 bits per heavy atom. The van der Waals surface area contributed by atoms with Gasteiger partial charge in [0.15, 0.2) is 6.61 Å². The van der Waals surface area contributed by atoms with Crippen LogP contribution in [0, 0.1) is 0 Å². The number of hydrogen-bond acceptors (Lipinski definition) is 4. The summed E-state index contributed by atoms with van der Waals surface area (Å²) in [5, 5.41) is 3.67. The number of benzene rings is 1. The molecule has 0 radical (unpaired) electrons. The number of amides is 3. The van der Waals surface area contributed by atoms with Crippen molar-refractivity contribution in [3.63, 3.8) is 0 Å². The number of rotatable bonds is 3. The van der Waals surface area contributed by atoms with Crippen molar-refractivity contribution in [1.82, 2.24) is 5.43 Å². The van der Waals surface area contributed by atoms with E-state index >= 15 is 0 Å². The zero-order valence-electron chi connectivity index (χ0n) is 10.4. The second-order valence-electron chi connectivity index (χ2n) is 3.89. The van der Waals surface area contributed by atoms with Crippen LogP contribution in [0.25, 0.3) is 0 Å². The molecule has 0 fully saturated rings. The molecule has 1 heterocycles. The molecule has 1 aliphatic heterocycles. The Hall–Kier alpha value is -2.57. The average molecular weight is 262 g/mol. The fourth-order valence-electron chi connectivity index (χ4n) is 1.82. The van der Waals surface area contributed by atoms with Crippen LogP contribution in [0.1, 0.15) is 12.5 Å². The summed E-state index contributed by atoms with van der Waals surface area (Å²) < 4.78 is 5.34. The van der Waals surface area contributed by atoms with E-state index in [0.717, 1.165) is 5.56 Å². The lowest BCUT2D eigenvalue weighted by molar-refractivity contribution is -0.121. The molecular formula is C12H14N4O3. The van der Waals surface area contributed by atoms with Gasteiger partial charge >= 0.3 is 6.03 Å². The maximum Gasteiger partial charge on any atom is 0.332 e. The van der Waals surface area contributed by atoms with Crippen LogP contribution in [0.2, 0.25) is 0 Å². The zero-order valence-corrected chi connectivity index (χ0v) is 10.4. The number of nitrogens with two attached hydrogens (primary N) is 1. The van der Waals surface area contributed by atoms with E-state index in [9.17, 15) is 9.59 Å². The first-order valence-corrected chi connectivity index (χ1v) is 5.77. The highest BCUT2D eigenvalue weighted by Crippen LogP contribution is 2.32. The van der Waals surface area contributed by atoms with Crippen molar-refractivity contribution in [1.29, 1.82) is 0 Å². The van der Waals surface area contributed by atoms with Gasteiger partial charge in [-0.15, -0.1) is 0 Å². The van der Waals surface area contributed by atoms with E-state index in [2.05, 4.69) is 10.5 Å². The largest absolute Gasteiger partial charge is 0.482 e. The Labute approximate surface area is 110 Å². The predicted octanol–water partition coefficient (Wildman–Crippen LogP) is 0.434. The lowest BCUT2D eigenvalue weighted by Gasteiger charge is -2.28. The molecule has 1 aromatic rings. The average Bonchev–Trinajstić information content (AvgIpc) is 2.38. The molecule has 1 aromatic carbocycles. The molecule has 0 saturated carbocycles. The molecule has 3 N–H and O–H groups in total. The van der Waals surface area contributed by atoms with E-state index in [0.29, 0.717) is 18.0 Å². The maximum absolute atomic E-state index is 11.7. The summed E-state index contributed by atoms with van der Waals surface area (Å²) in [6.45, 7) is 2.51. The van der Waals surface area contributed by atoms with Crippen LogP contribution in [-0.4, -0.2) is 31.3 Å². The molecule has 0 unspecified atom stereocenters. The summed E-state index contributed by atoms with van der Waals surface area (Å²) in [5.74, 6) is 0.570. The molecule has 7 heteroatoms. The molecule has 0 aromatic heterocycles. The van der Waals surface area contributed by atoms with Crippen LogP contribution in [0.4, 0.5) is 10.5 Å². The summed E-state index contributed by atoms with van der Waals surface area (Å²) in [4.78, 5) is 23.8. The van der Waals surface area contributed by atoms with Gasteiger partial charge in [-0.25, -0.2) is 10.2 Å². The second-order valence-corrected chi connectivity index (χ2v) is 3.89. The van der Waals surface area contributed by atoms with Crippen LogP contribution in [0.15, 0.2) is 23.3 Å². The number of anilines is 1. The number of nitrogens with zero attached hydrogens (tertiary/aromatic N) is 2. The van der Waals surface area contributed by atoms with E-state index in [4.69, 9.17) is 10.5 Å².